The van der Waals surface area contributed by atoms with Crippen LogP contribution in [0.5, 0.6) is 0 Å². The van der Waals surface area contributed by atoms with Gasteiger partial charge in [0.15, 0.2) is 0 Å². The van der Waals surface area contributed by atoms with Gasteiger partial charge in [-0.15, -0.1) is 0 Å². The minimum Gasteiger partial charge on any atom is -0.458 e. The molecule has 0 aliphatic heterocycles. The van der Waals surface area contributed by atoms with Crippen molar-refractivity contribution >= 4 is 11.8 Å². The summed E-state index contributed by atoms with van der Waals surface area (Å²) in [6.45, 7) is 10.2. The second kappa shape index (κ2) is 7.04. The van der Waals surface area contributed by atoms with Gasteiger partial charge in [0.2, 0.25) is 0 Å². The molecule has 0 aromatic rings. The van der Waals surface area contributed by atoms with E-state index in [4.69, 9.17) is 4.74 Å². The van der Waals surface area contributed by atoms with Gasteiger partial charge in [-0.25, -0.2) is 0 Å². The van der Waals surface area contributed by atoms with Gasteiger partial charge in [-0.05, 0) is 81.0 Å². The lowest BCUT2D eigenvalue weighted by Crippen LogP contribution is -2.62. The van der Waals surface area contributed by atoms with Gasteiger partial charge in [0.05, 0.1) is 0 Å². The average Bonchev–Trinajstić information content (AvgIpc) is 2.49. The van der Waals surface area contributed by atoms with E-state index in [1.807, 2.05) is 0 Å². The third-order valence-electron chi connectivity index (χ3n) is 7.59. The van der Waals surface area contributed by atoms with Crippen molar-refractivity contribution in [2.45, 2.75) is 85.2 Å². The molecule has 4 saturated carbocycles. The molecule has 3 nitrogen and oxygen atoms in total. The quantitative estimate of drug-likeness (QED) is 0.607. The number of ketones is 1. The maximum Gasteiger partial charge on any atom is 0.306 e. The van der Waals surface area contributed by atoms with Crippen LogP contribution in [0.3, 0.4) is 0 Å². The summed E-state index contributed by atoms with van der Waals surface area (Å²) in [6.07, 6.45) is 7.41. The monoisotopic (exact) mass is 348 g/mol. The molecule has 0 aromatic heterocycles. The Hall–Kier alpha value is -0.860. The Labute approximate surface area is 153 Å². The number of hydrogen-bond acceptors (Lipinski definition) is 3. The summed E-state index contributed by atoms with van der Waals surface area (Å²) < 4.78 is 6.34. The first-order valence-corrected chi connectivity index (χ1v) is 10.5. The van der Waals surface area contributed by atoms with Gasteiger partial charge >= 0.3 is 5.97 Å². The minimum absolute atomic E-state index is 0.0268. The largest absolute Gasteiger partial charge is 0.458 e. The fourth-order valence-electron chi connectivity index (χ4n) is 6.68. The first-order valence-electron chi connectivity index (χ1n) is 10.5. The summed E-state index contributed by atoms with van der Waals surface area (Å²) in [5, 5.41) is 0. The van der Waals surface area contributed by atoms with Gasteiger partial charge in [0.25, 0.3) is 0 Å². The van der Waals surface area contributed by atoms with Crippen LogP contribution in [0.2, 0.25) is 0 Å². The molecule has 3 heteroatoms. The lowest BCUT2D eigenvalue weighted by atomic mass is 9.47. The third-order valence-corrected chi connectivity index (χ3v) is 7.59. The summed E-state index contributed by atoms with van der Waals surface area (Å²) in [5.41, 5.74) is -0.242. The zero-order chi connectivity index (χ0) is 18.4. The second-order valence-electron chi connectivity index (χ2n) is 9.79. The molecule has 4 aliphatic carbocycles. The maximum absolute atomic E-state index is 12.8. The van der Waals surface area contributed by atoms with Crippen LogP contribution >= 0.6 is 0 Å². The molecular formula is C22H36O3. The molecule has 4 bridgehead atoms. The number of Topliss-reactive ketones (excluding diaryl/α,β-unsaturated/α-hetero) is 1. The fraction of sp³-hybridized carbons (Fsp3) is 0.909. The lowest BCUT2D eigenvalue weighted by molar-refractivity contribution is -0.225. The van der Waals surface area contributed by atoms with Crippen LogP contribution < -0.4 is 0 Å². The van der Waals surface area contributed by atoms with E-state index in [-0.39, 0.29) is 29.2 Å². The zero-order valence-electron chi connectivity index (χ0n) is 16.7. The molecule has 0 spiro atoms. The van der Waals surface area contributed by atoms with Crippen molar-refractivity contribution in [2.75, 3.05) is 0 Å². The van der Waals surface area contributed by atoms with Gasteiger partial charge in [-0.3, -0.25) is 9.59 Å². The molecular weight excluding hydrogens is 312 g/mol. The van der Waals surface area contributed by atoms with Gasteiger partial charge in [-0.2, -0.15) is 0 Å². The molecule has 1 unspecified atom stereocenters. The Kier molecular flexibility index (Phi) is 5.33. The molecule has 0 radical (unpaired) electrons. The molecule has 0 aromatic carbocycles. The molecule has 4 fully saturated rings. The number of esters is 1. The van der Waals surface area contributed by atoms with Crippen molar-refractivity contribution in [1.29, 1.82) is 0 Å². The van der Waals surface area contributed by atoms with E-state index in [9.17, 15) is 9.59 Å². The Morgan fingerprint density at radius 2 is 1.48 bits per heavy atom. The highest BCUT2D eigenvalue weighted by atomic mass is 16.6. The Balaban J connectivity index is 1.68. The average molecular weight is 349 g/mol. The number of rotatable bonds is 7. The van der Waals surface area contributed by atoms with Crippen molar-refractivity contribution in [3.63, 3.8) is 0 Å². The Morgan fingerprint density at radius 1 is 0.960 bits per heavy atom. The summed E-state index contributed by atoms with van der Waals surface area (Å²) in [6, 6.07) is 0. The smallest absolute Gasteiger partial charge is 0.306 e. The van der Waals surface area contributed by atoms with Crippen LogP contribution in [0.25, 0.3) is 0 Å². The van der Waals surface area contributed by atoms with E-state index >= 15 is 0 Å². The Morgan fingerprint density at radius 3 is 1.88 bits per heavy atom. The van der Waals surface area contributed by atoms with Gasteiger partial charge in [0.1, 0.15) is 11.4 Å². The predicted octanol–water partition coefficient (Wildman–Crippen LogP) is 5.02. The van der Waals surface area contributed by atoms with Crippen molar-refractivity contribution in [3.05, 3.63) is 0 Å². The molecule has 0 N–H and O–H groups in total. The molecule has 1 atom stereocenters. The molecule has 142 valence electrons. The second-order valence-corrected chi connectivity index (χ2v) is 9.79. The third kappa shape index (κ3) is 3.40. The molecule has 0 heterocycles. The molecule has 0 saturated heterocycles. The van der Waals surface area contributed by atoms with E-state index in [1.165, 1.54) is 32.1 Å². The highest BCUT2D eigenvalue weighted by molar-refractivity contribution is 5.79. The number of ether oxygens (including phenoxy) is 1. The Bertz CT molecular complexity index is 491. The topological polar surface area (TPSA) is 43.4 Å². The standard InChI is InChI=1S/C22H36O3/c1-13(2)20(15(5)23)6-7-21(24)25-22(14(3)4)18-9-16-8-17(11-18)12-19(22)10-16/h13-14,16-20H,6-12H2,1-5H3. The summed E-state index contributed by atoms with van der Waals surface area (Å²) in [4.78, 5) is 24.6. The molecule has 4 rings (SSSR count). The van der Waals surface area contributed by atoms with E-state index in [0.717, 1.165) is 11.8 Å². The number of hydrogen-bond donors (Lipinski definition) is 0. The van der Waals surface area contributed by atoms with Crippen molar-refractivity contribution < 1.29 is 14.3 Å². The van der Waals surface area contributed by atoms with E-state index in [2.05, 4.69) is 27.7 Å². The van der Waals surface area contributed by atoms with E-state index < -0.39 is 0 Å². The summed E-state index contributed by atoms with van der Waals surface area (Å²) in [7, 11) is 0. The highest BCUT2D eigenvalue weighted by Crippen LogP contribution is 2.61. The van der Waals surface area contributed by atoms with Crippen LogP contribution in [0.4, 0.5) is 0 Å². The minimum atomic E-state index is -0.242. The normalized spacial score (nSPS) is 37.6. The van der Waals surface area contributed by atoms with Crippen molar-refractivity contribution in [1.82, 2.24) is 0 Å². The van der Waals surface area contributed by atoms with Crippen LogP contribution in [0.15, 0.2) is 0 Å². The van der Waals surface area contributed by atoms with Gasteiger partial charge < -0.3 is 4.74 Å². The highest BCUT2D eigenvalue weighted by Gasteiger charge is 2.60. The number of carbonyl (C=O) groups is 2. The van der Waals surface area contributed by atoms with Crippen LogP contribution in [-0.4, -0.2) is 17.4 Å². The zero-order valence-corrected chi connectivity index (χ0v) is 16.7. The summed E-state index contributed by atoms with van der Waals surface area (Å²) >= 11 is 0. The molecule has 0 amide bonds. The van der Waals surface area contributed by atoms with Crippen molar-refractivity contribution in [2.24, 2.45) is 41.4 Å². The summed E-state index contributed by atoms with van der Waals surface area (Å²) in [5.74, 6) is 3.60. The van der Waals surface area contributed by atoms with E-state index in [0.29, 0.717) is 30.6 Å². The first kappa shape index (κ1) is 18.9. The van der Waals surface area contributed by atoms with Crippen LogP contribution in [-0.2, 0) is 14.3 Å². The molecule has 25 heavy (non-hydrogen) atoms. The van der Waals surface area contributed by atoms with Gasteiger partial charge in [-0.1, -0.05) is 27.7 Å². The van der Waals surface area contributed by atoms with E-state index in [1.54, 1.807) is 6.92 Å². The maximum atomic E-state index is 12.8. The first-order chi connectivity index (χ1) is 11.7. The molecule has 4 aliphatic rings. The predicted molar refractivity (Wildman–Crippen MR) is 98.9 cm³/mol. The van der Waals surface area contributed by atoms with Crippen molar-refractivity contribution in [3.8, 4) is 0 Å². The SMILES string of the molecule is CC(=O)C(CCC(=O)OC1(C(C)C)C2CC3CC(C2)CC1C3)C(C)C. The fourth-order valence-corrected chi connectivity index (χ4v) is 6.68. The van der Waals surface area contributed by atoms with Crippen LogP contribution in [0, 0.1) is 41.4 Å². The van der Waals surface area contributed by atoms with Gasteiger partial charge in [0, 0.05) is 12.3 Å². The number of carbonyl (C=O) groups excluding carboxylic acids is 2. The van der Waals surface area contributed by atoms with Crippen LogP contribution in [0.1, 0.15) is 79.6 Å². The lowest BCUT2D eigenvalue weighted by Gasteiger charge is -2.61.